The summed E-state index contributed by atoms with van der Waals surface area (Å²) in [5, 5.41) is 3.10. The molecule has 22 heavy (non-hydrogen) atoms. The zero-order valence-electron chi connectivity index (χ0n) is 14.5. The molecule has 1 N–H and O–H groups in total. The lowest BCUT2D eigenvalue weighted by Crippen LogP contribution is -2.54. The quantitative estimate of drug-likeness (QED) is 0.902. The minimum absolute atomic E-state index is 0.0850. The van der Waals surface area contributed by atoms with E-state index in [-0.39, 0.29) is 5.91 Å². The molecule has 0 saturated heterocycles. The highest BCUT2D eigenvalue weighted by Crippen LogP contribution is 2.20. The second-order valence-corrected chi connectivity index (χ2v) is 7.00. The van der Waals surface area contributed by atoms with Crippen molar-refractivity contribution in [2.45, 2.75) is 45.3 Å². The predicted molar refractivity (Wildman–Crippen MR) is 90.8 cm³/mol. The van der Waals surface area contributed by atoms with Gasteiger partial charge in [0.15, 0.2) is 0 Å². The zero-order valence-corrected chi connectivity index (χ0v) is 14.5. The maximum atomic E-state index is 12.3. The van der Waals surface area contributed by atoms with Crippen LogP contribution in [0.15, 0.2) is 24.3 Å². The summed E-state index contributed by atoms with van der Waals surface area (Å²) < 4.78 is 0. The van der Waals surface area contributed by atoms with Gasteiger partial charge in [-0.3, -0.25) is 14.6 Å². The van der Waals surface area contributed by atoms with E-state index in [0.717, 1.165) is 19.5 Å². The summed E-state index contributed by atoms with van der Waals surface area (Å²) >= 11 is 0. The van der Waals surface area contributed by atoms with E-state index in [4.69, 9.17) is 0 Å². The summed E-state index contributed by atoms with van der Waals surface area (Å²) in [6.07, 6.45) is 1.09. The first-order valence-electron chi connectivity index (χ1n) is 8.09. The van der Waals surface area contributed by atoms with Gasteiger partial charge in [-0.15, -0.1) is 0 Å². The van der Waals surface area contributed by atoms with E-state index in [2.05, 4.69) is 41.4 Å². The van der Waals surface area contributed by atoms with Crippen LogP contribution in [-0.4, -0.2) is 54.5 Å². The van der Waals surface area contributed by atoms with Gasteiger partial charge in [0.1, 0.15) is 0 Å². The van der Waals surface area contributed by atoms with Crippen LogP contribution in [0, 0.1) is 0 Å². The highest BCUT2D eigenvalue weighted by Gasteiger charge is 2.30. The average Bonchev–Trinajstić information content (AvgIpc) is 2.51. The van der Waals surface area contributed by atoms with E-state index in [9.17, 15) is 4.79 Å². The molecule has 0 aromatic heterocycles. The van der Waals surface area contributed by atoms with Crippen molar-refractivity contribution in [3.63, 3.8) is 0 Å². The van der Waals surface area contributed by atoms with Crippen molar-refractivity contribution < 1.29 is 4.79 Å². The molecule has 1 heterocycles. The van der Waals surface area contributed by atoms with Gasteiger partial charge in [0.2, 0.25) is 5.91 Å². The fourth-order valence-electron chi connectivity index (χ4n) is 2.68. The number of benzene rings is 1. The van der Waals surface area contributed by atoms with Crippen molar-refractivity contribution >= 4 is 5.91 Å². The van der Waals surface area contributed by atoms with Gasteiger partial charge in [0, 0.05) is 25.7 Å². The van der Waals surface area contributed by atoms with Crippen molar-refractivity contribution in [2.24, 2.45) is 0 Å². The van der Waals surface area contributed by atoms with E-state index in [0.29, 0.717) is 12.6 Å². The average molecular weight is 303 g/mol. The van der Waals surface area contributed by atoms with Gasteiger partial charge in [-0.1, -0.05) is 24.3 Å². The highest BCUT2D eigenvalue weighted by atomic mass is 16.2. The Hall–Kier alpha value is -1.39. The Morgan fingerprint density at radius 1 is 1.32 bits per heavy atom. The molecule has 4 heteroatoms. The number of rotatable bonds is 5. The van der Waals surface area contributed by atoms with E-state index < -0.39 is 5.54 Å². The second-order valence-electron chi connectivity index (χ2n) is 7.00. The summed E-state index contributed by atoms with van der Waals surface area (Å²) in [4.78, 5) is 16.7. The van der Waals surface area contributed by atoms with Crippen LogP contribution in [0.3, 0.4) is 0 Å². The number of hydrogen-bond acceptors (Lipinski definition) is 3. The number of fused-ring (bicyclic) bond motifs is 1. The first-order chi connectivity index (χ1) is 10.3. The Morgan fingerprint density at radius 2 is 1.95 bits per heavy atom. The maximum Gasteiger partial charge on any atom is 0.239 e. The fraction of sp³-hybridized carbons (Fsp3) is 0.611. The van der Waals surface area contributed by atoms with Gasteiger partial charge in [0.25, 0.3) is 0 Å². The Balaban J connectivity index is 1.89. The van der Waals surface area contributed by atoms with Crippen LogP contribution in [0.4, 0.5) is 0 Å². The maximum absolute atomic E-state index is 12.3. The third kappa shape index (κ3) is 3.68. The first-order valence-corrected chi connectivity index (χ1v) is 8.09. The molecule has 0 saturated carbocycles. The number of nitrogens with one attached hydrogen (secondary N) is 1. The summed E-state index contributed by atoms with van der Waals surface area (Å²) in [6.45, 7) is 8.82. The molecule has 2 rings (SSSR count). The Kier molecular flexibility index (Phi) is 5.24. The molecule has 1 aromatic rings. The lowest BCUT2D eigenvalue weighted by atomic mass is 9.98. The van der Waals surface area contributed by atoms with E-state index >= 15 is 0 Å². The molecular weight excluding hydrogens is 274 g/mol. The largest absolute Gasteiger partial charge is 0.353 e. The number of carbonyl (C=O) groups is 1. The second kappa shape index (κ2) is 6.80. The monoisotopic (exact) mass is 303 g/mol. The van der Waals surface area contributed by atoms with Crippen LogP contribution in [0.5, 0.6) is 0 Å². The molecule has 122 valence electrons. The van der Waals surface area contributed by atoms with Gasteiger partial charge in [-0.2, -0.15) is 0 Å². The molecule has 1 aliphatic heterocycles. The highest BCUT2D eigenvalue weighted by molar-refractivity contribution is 5.85. The molecule has 0 radical (unpaired) electrons. The lowest BCUT2D eigenvalue weighted by molar-refractivity contribution is -0.130. The summed E-state index contributed by atoms with van der Waals surface area (Å²) in [5.74, 6) is 0.0850. The van der Waals surface area contributed by atoms with Gasteiger partial charge in [-0.25, -0.2) is 0 Å². The summed E-state index contributed by atoms with van der Waals surface area (Å²) in [5.41, 5.74) is 2.40. The van der Waals surface area contributed by atoms with Gasteiger partial charge < -0.3 is 5.32 Å². The van der Waals surface area contributed by atoms with Crippen molar-refractivity contribution in [1.29, 1.82) is 0 Å². The van der Waals surface area contributed by atoms with Crippen LogP contribution >= 0.6 is 0 Å². The van der Waals surface area contributed by atoms with E-state index in [1.807, 2.05) is 32.8 Å². The predicted octanol–water partition coefficient (Wildman–Crippen LogP) is 1.89. The fourth-order valence-corrected chi connectivity index (χ4v) is 2.68. The third-order valence-electron chi connectivity index (χ3n) is 5.02. The Morgan fingerprint density at radius 3 is 2.59 bits per heavy atom. The van der Waals surface area contributed by atoms with Crippen LogP contribution in [0.25, 0.3) is 0 Å². The zero-order chi connectivity index (χ0) is 16.3. The topological polar surface area (TPSA) is 35.6 Å². The smallest absolute Gasteiger partial charge is 0.239 e. The molecule has 0 spiro atoms. The third-order valence-corrected chi connectivity index (χ3v) is 5.02. The SMILES string of the molecule is C[C@@H](CNC(=O)C(C)(C)N(C)C)N1CCc2ccccc2C1. The van der Waals surface area contributed by atoms with Crippen molar-refractivity contribution in [3.8, 4) is 0 Å². The number of nitrogens with zero attached hydrogens (tertiary/aromatic N) is 2. The molecule has 1 atom stereocenters. The minimum atomic E-state index is -0.478. The number of hydrogen-bond donors (Lipinski definition) is 1. The first kappa shape index (κ1) is 17.0. The van der Waals surface area contributed by atoms with Crippen molar-refractivity contribution in [3.05, 3.63) is 35.4 Å². The van der Waals surface area contributed by atoms with Crippen molar-refractivity contribution in [2.75, 3.05) is 27.2 Å². The Bertz CT molecular complexity index is 525. The molecule has 4 nitrogen and oxygen atoms in total. The normalized spacial score (nSPS) is 17.2. The molecule has 0 unspecified atom stereocenters. The molecule has 0 fully saturated rings. The number of carbonyl (C=O) groups excluding carboxylic acids is 1. The molecule has 1 amide bonds. The van der Waals surface area contributed by atoms with E-state index in [1.54, 1.807) is 0 Å². The van der Waals surface area contributed by atoms with Gasteiger partial charge >= 0.3 is 0 Å². The van der Waals surface area contributed by atoms with Crippen LogP contribution < -0.4 is 5.32 Å². The number of amides is 1. The van der Waals surface area contributed by atoms with E-state index in [1.165, 1.54) is 11.1 Å². The summed E-state index contributed by atoms with van der Waals surface area (Å²) in [6, 6.07) is 8.99. The Labute approximate surface area is 134 Å². The molecule has 1 aromatic carbocycles. The van der Waals surface area contributed by atoms with Crippen LogP contribution in [0.1, 0.15) is 31.9 Å². The molecule has 1 aliphatic rings. The standard InChI is InChI=1S/C18H29N3O/c1-14(12-19-17(22)18(2,3)20(4)5)21-11-10-15-8-6-7-9-16(15)13-21/h6-9,14H,10-13H2,1-5H3,(H,19,22)/t14-/m0/s1. The number of likely N-dealkylation sites (N-methyl/N-ethyl adjacent to an activating group) is 1. The molecule has 0 aliphatic carbocycles. The lowest BCUT2D eigenvalue weighted by Gasteiger charge is -2.35. The van der Waals surface area contributed by atoms with Crippen LogP contribution in [0.2, 0.25) is 0 Å². The van der Waals surface area contributed by atoms with Gasteiger partial charge in [-0.05, 0) is 52.4 Å². The van der Waals surface area contributed by atoms with Crippen molar-refractivity contribution in [1.82, 2.24) is 15.1 Å². The van der Waals surface area contributed by atoms with Crippen LogP contribution in [-0.2, 0) is 17.8 Å². The minimum Gasteiger partial charge on any atom is -0.353 e. The molecule has 0 bridgehead atoms. The molecular formula is C18H29N3O. The van der Waals surface area contributed by atoms with Gasteiger partial charge in [0.05, 0.1) is 5.54 Å². The summed E-state index contributed by atoms with van der Waals surface area (Å²) in [7, 11) is 3.87.